The lowest BCUT2D eigenvalue weighted by Crippen LogP contribution is -2.48. The van der Waals surface area contributed by atoms with Gasteiger partial charge in [-0.2, -0.15) is 11.8 Å². The Bertz CT molecular complexity index is 576. The Kier molecular flexibility index (Phi) is 7.91. The topological polar surface area (TPSA) is 146 Å². The number of nitrogens with one attached hydrogen (secondary N) is 3. The first kappa shape index (κ1) is 21.5. The number of carbonyl (C=O) groups excluding carboxylic acids is 2. The lowest BCUT2D eigenvalue weighted by atomic mass is 9.98. The molecule has 3 amide bonds. The van der Waals surface area contributed by atoms with Gasteiger partial charge in [0.1, 0.15) is 6.04 Å². The van der Waals surface area contributed by atoms with Crippen LogP contribution in [-0.2, 0) is 9.59 Å². The third kappa shape index (κ3) is 5.83. The van der Waals surface area contributed by atoms with Crippen LogP contribution in [0.25, 0.3) is 0 Å². The van der Waals surface area contributed by atoms with E-state index in [1.807, 2.05) is 0 Å². The molecule has 2 fully saturated rings. The van der Waals surface area contributed by atoms with Crippen molar-refractivity contribution in [3.63, 3.8) is 0 Å². The van der Waals surface area contributed by atoms with Gasteiger partial charge in [-0.3, -0.25) is 14.6 Å². The lowest BCUT2D eigenvalue weighted by molar-refractivity contribution is -0.138. The van der Waals surface area contributed by atoms with Crippen LogP contribution in [-0.4, -0.2) is 65.0 Å². The molecule has 0 radical (unpaired) electrons. The summed E-state index contributed by atoms with van der Waals surface area (Å²) in [5, 5.41) is 17.6. The number of unbranched alkanes of at least 4 members (excludes halogenated alkanes) is 2. The first-order chi connectivity index (χ1) is 12.9. The van der Waals surface area contributed by atoms with E-state index in [0.29, 0.717) is 25.8 Å². The maximum Gasteiger partial charge on any atom is 0.320 e. The van der Waals surface area contributed by atoms with Crippen LogP contribution in [0.4, 0.5) is 4.79 Å². The van der Waals surface area contributed by atoms with Crippen molar-refractivity contribution >= 4 is 36.4 Å². The van der Waals surface area contributed by atoms with E-state index in [4.69, 9.17) is 10.8 Å². The molecule has 2 aliphatic rings. The molecule has 0 aliphatic carbocycles. The third-order valence-corrected chi connectivity index (χ3v) is 6.57. The summed E-state index contributed by atoms with van der Waals surface area (Å²) in [6, 6.07) is -1.07. The molecule has 0 spiro atoms. The van der Waals surface area contributed by atoms with E-state index in [0.717, 1.165) is 31.4 Å². The Morgan fingerprint density at radius 2 is 2.19 bits per heavy atom. The van der Waals surface area contributed by atoms with Crippen molar-refractivity contribution in [2.75, 3.05) is 12.3 Å². The molecular formula is C17H29N5O4S. The second kappa shape index (κ2) is 9.93. The van der Waals surface area contributed by atoms with Gasteiger partial charge in [0.25, 0.3) is 0 Å². The van der Waals surface area contributed by atoms with Gasteiger partial charge in [0.05, 0.1) is 6.04 Å². The zero-order chi connectivity index (χ0) is 19.9. The molecule has 0 aromatic heterocycles. The number of fused-ring (bicyclic) bond motifs is 1. The van der Waals surface area contributed by atoms with Crippen LogP contribution >= 0.6 is 11.8 Å². The molecule has 10 heteroatoms. The summed E-state index contributed by atoms with van der Waals surface area (Å²) in [5.41, 5.74) is 4.83. The van der Waals surface area contributed by atoms with Crippen molar-refractivity contribution in [3.05, 3.63) is 0 Å². The molecule has 0 aromatic carbocycles. The second-order valence-electron chi connectivity index (χ2n) is 7.04. The maximum absolute atomic E-state index is 11.8. The molecule has 0 saturated carbocycles. The van der Waals surface area contributed by atoms with Crippen molar-refractivity contribution in [3.8, 4) is 0 Å². The van der Waals surface area contributed by atoms with Crippen LogP contribution in [0.3, 0.4) is 0 Å². The molecule has 2 heterocycles. The summed E-state index contributed by atoms with van der Waals surface area (Å²) in [6.45, 7) is 4.16. The molecular weight excluding hydrogens is 370 g/mol. The van der Waals surface area contributed by atoms with Crippen molar-refractivity contribution in [2.45, 2.75) is 67.9 Å². The summed E-state index contributed by atoms with van der Waals surface area (Å²) in [6.07, 6.45) is 4.87. The molecule has 0 aromatic rings. The number of aliphatic imine (C=N–C) groups is 1. The monoisotopic (exact) mass is 399 g/mol. The number of carboxylic acid groups (broad SMARTS) is 1. The standard InChI is InChI=1S/C17H29N5O4S/c1-19-17-10-27-12(14(17)21-16(26)22-17)7-2-3-8-13(23)20-9-5-4-6-11(18)15(24)25/h11-12,14H,1-10,18H2,(H,20,23)(H,24,25)(H2,21,22,26)/t11?,12?,14-,17+/m1/s1. The molecule has 2 unspecified atom stereocenters. The van der Waals surface area contributed by atoms with E-state index in [2.05, 4.69) is 27.7 Å². The highest BCUT2D eigenvalue weighted by atomic mass is 32.2. The zero-order valence-electron chi connectivity index (χ0n) is 15.4. The van der Waals surface area contributed by atoms with Gasteiger partial charge in [-0.1, -0.05) is 6.42 Å². The highest BCUT2D eigenvalue weighted by Crippen LogP contribution is 2.40. The minimum atomic E-state index is -0.992. The van der Waals surface area contributed by atoms with E-state index in [-0.39, 0.29) is 23.2 Å². The average molecular weight is 400 g/mol. The number of amides is 3. The first-order valence-electron chi connectivity index (χ1n) is 9.31. The van der Waals surface area contributed by atoms with Crippen LogP contribution in [0.2, 0.25) is 0 Å². The predicted octanol–water partition coefficient (Wildman–Crippen LogP) is 0.439. The van der Waals surface area contributed by atoms with Gasteiger partial charge in [-0.15, -0.1) is 0 Å². The molecule has 0 bridgehead atoms. The summed E-state index contributed by atoms with van der Waals surface area (Å²) in [5.74, 6) is -0.264. The molecule has 9 nitrogen and oxygen atoms in total. The highest BCUT2D eigenvalue weighted by Gasteiger charge is 2.54. The number of nitrogens with zero attached hydrogens (tertiary/aromatic N) is 1. The molecule has 152 valence electrons. The van der Waals surface area contributed by atoms with Gasteiger partial charge in [-0.05, 0) is 38.8 Å². The van der Waals surface area contributed by atoms with Gasteiger partial charge >= 0.3 is 12.0 Å². The minimum Gasteiger partial charge on any atom is -0.480 e. The number of urea groups is 1. The van der Waals surface area contributed by atoms with Crippen LogP contribution in [0.15, 0.2) is 4.99 Å². The summed E-state index contributed by atoms with van der Waals surface area (Å²) in [7, 11) is 0. The Morgan fingerprint density at radius 1 is 1.41 bits per heavy atom. The number of carboxylic acids is 1. The number of hydrogen-bond acceptors (Lipinski definition) is 6. The first-order valence-corrected chi connectivity index (χ1v) is 10.4. The van der Waals surface area contributed by atoms with E-state index in [1.54, 1.807) is 11.8 Å². The fourth-order valence-electron chi connectivity index (χ4n) is 3.42. The van der Waals surface area contributed by atoms with Crippen molar-refractivity contribution in [2.24, 2.45) is 10.7 Å². The summed E-state index contributed by atoms with van der Waals surface area (Å²) >= 11 is 1.78. The number of hydrogen-bond donors (Lipinski definition) is 5. The highest BCUT2D eigenvalue weighted by molar-refractivity contribution is 8.00. The van der Waals surface area contributed by atoms with Crippen molar-refractivity contribution in [1.29, 1.82) is 0 Å². The predicted molar refractivity (Wildman–Crippen MR) is 105 cm³/mol. The fraction of sp³-hybridized carbons (Fsp3) is 0.765. The van der Waals surface area contributed by atoms with E-state index < -0.39 is 17.7 Å². The summed E-state index contributed by atoms with van der Waals surface area (Å²) in [4.78, 5) is 38.2. The zero-order valence-corrected chi connectivity index (χ0v) is 16.2. The Hall–Kier alpha value is -1.81. The third-order valence-electron chi connectivity index (χ3n) is 5.03. The average Bonchev–Trinajstić information content (AvgIpc) is 3.13. The van der Waals surface area contributed by atoms with Gasteiger partial charge in [0.2, 0.25) is 5.91 Å². The van der Waals surface area contributed by atoms with Crippen LogP contribution < -0.4 is 21.7 Å². The van der Waals surface area contributed by atoms with E-state index in [9.17, 15) is 14.4 Å². The molecule has 2 aliphatic heterocycles. The maximum atomic E-state index is 11.8. The fourth-order valence-corrected chi connectivity index (χ4v) is 5.05. The smallest absolute Gasteiger partial charge is 0.320 e. The summed E-state index contributed by atoms with van der Waals surface area (Å²) < 4.78 is 0. The van der Waals surface area contributed by atoms with Crippen LogP contribution in [0, 0.1) is 0 Å². The SMILES string of the molecule is C=N[C@]12CSC(CCCCC(=O)NCCCCC(N)C(=O)O)[C@H]1NC(=O)N2. The van der Waals surface area contributed by atoms with Gasteiger partial charge in [-0.25, -0.2) is 4.79 Å². The van der Waals surface area contributed by atoms with Gasteiger partial charge in [0, 0.05) is 24.0 Å². The largest absolute Gasteiger partial charge is 0.480 e. The number of carbonyl (C=O) groups is 3. The van der Waals surface area contributed by atoms with E-state index in [1.165, 1.54) is 0 Å². The molecule has 27 heavy (non-hydrogen) atoms. The molecule has 2 saturated heterocycles. The van der Waals surface area contributed by atoms with Gasteiger partial charge in [0.15, 0.2) is 5.66 Å². The normalized spacial score (nSPS) is 27.4. The number of rotatable bonds is 12. The van der Waals surface area contributed by atoms with Crippen molar-refractivity contribution < 1.29 is 19.5 Å². The number of aliphatic carboxylic acids is 1. The molecule has 4 atom stereocenters. The van der Waals surface area contributed by atoms with Crippen LogP contribution in [0.5, 0.6) is 0 Å². The lowest BCUT2D eigenvalue weighted by Gasteiger charge is -2.23. The Labute approximate surface area is 163 Å². The van der Waals surface area contributed by atoms with Crippen LogP contribution in [0.1, 0.15) is 44.9 Å². The second-order valence-corrected chi connectivity index (χ2v) is 8.27. The molecule has 2 rings (SSSR count). The quantitative estimate of drug-likeness (QED) is 0.183. The molecule has 6 N–H and O–H groups in total. The van der Waals surface area contributed by atoms with Gasteiger partial charge < -0.3 is 26.8 Å². The number of nitrogens with two attached hydrogens (primary N) is 1. The van der Waals surface area contributed by atoms with E-state index >= 15 is 0 Å². The number of thioether (sulfide) groups is 1. The van der Waals surface area contributed by atoms with Crippen molar-refractivity contribution in [1.82, 2.24) is 16.0 Å². The Morgan fingerprint density at radius 3 is 2.89 bits per heavy atom. The minimum absolute atomic E-state index is 0.00884. The Balaban J connectivity index is 1.54.